The van der Waals surface area contributed by atoms with Gasteiger partial charge in [0.1, 0.15) is 0 Å². The van der Waals surface area contributed by atoms with Crippen LogP contribution in [0.2, 0.25) is 0 Å². The third-order valence-corrected chi connectivity index (χ3v) is 8.38. The summed E-state index contributed by atoms with van der Waals surface area (Å²) in [4.78, 5) is 40.0. The highest BCUT2D eigenvalue weighted by molar-refractivity contribution is 5.98. The fraction of sp³-hybridized carbons (Fsp3) is 0.541. The van der Waals surface area contributed by atoms with Crippen LogP contribution in [0.3, 0.4) is 0 Å². The standard InChI is InChI=1S/C37H53N3O5/c1-27(2)28(3)39-34(42)20-24-44-37(6,7)22-25-45-36(4,5)21-23-38-33(41)18-19-35(43)40-26-31-14-9-8-12-29(31)16-17-30-13-10-11-15-32(30)40/h8-17,27-28H,18-26H2,1-7H3,(H,38,41)(H,39,42)/b17-16-/t28-/m0/s1. The van der Waals surface area contributed by atoms with Crippen molar-refractivity contribution in [3.05, 3.63) is 65.2 Å². The van der Waals surface area contributed by atoms with E-state index in [4.69, 9.17) is 9.47 Å². The first-order chi connectivity index (χ1) is 21.3. The van der Waals surface area contributed by atoms with Gasteiger partial charge in [0.25, 0.3) is 0 Å². The molecule has 0 saturated carbocycles. The van der Waals surface area contributed by atoms with Gasteiger partial charge in [-0.15, -0.1) is 0 Å². The van der Waals surface area contributed by atoms with E-state index in [1.165, 1.54) is 0 Å². The largest absolute Gasteiger partial charge is 0.375 e. The molecule has 1 aliphatic rings. The molecule has 0 fully saturated rings. The Kier molecular flexibility index (Phi) is 13.4. The molecule has 2 aromatic rings. The number of hydrogen-bond donors (Lipinski definition) is 2. The summed E-state index contributed by atoms with van der Waals surface area (Å²) in [5.74, 6) is 0.156. The second-order valence-electron chi connectivity index (χ2n) is 13.5. The monoisotopic (exact) mass is 619 g/mol. The molecule has 1 heterocycles. The van der Waals surface area contributed by atoms with E-state index in [0.29, 0.717) is 51.5 Å². The van der Waals surface area contributed by atoms with Crippen LogP contribution in [0.15, 0.2) is 48.5 Å². The lowest BCUT2D eigenvalue weighted by molar-refractivity contribution is -0.125. The van der Waals surface area contributed by atoms with Crippen molar-refractivity contribution >= 4 is 35.6 Å². The van der Waals surface area contributed by atoms with Gasteiger partial charge in [-0.2, -0.15) is 0 Å². The highest BCUT2D eigenvalue weighted by atomic mass is 16.5. The number of carbonyl (C=O) groups excluding carboxylic acids is 3. The predicted molar refractivity (Wildman–Crippen MR) is 182 cm³/mol. The maximum absolute atomic E-state index is 13.4. The third-order valence-electron chi connectivity index (χ3n) is 8.38. The second-order valence-corrected chi connectivity index (χ2v) is 13.5. The van der Waals surface area contributed by atoms with Crippen LogP contribution in [0.25, 0.3) is 12.2 Å². The Morgan fingerprint density at radius 2 is 1.40 bits per heavy atom. The normalized spacial score (nSPS) is 14.5. The number of carbonyl (C=O) groups is 3. The van der Waals surface area contributed by atoms with Crippen LogP contribution in [0.5, 0.6) is 0 Å². The van der Waals surface area contributed by atoms with Gasteiger partial charge in [-0.1, -0.05) is 68.5 Å². The van der Waals surface area contributed by atoms with Crippen molar-refractivity contribution < 1.29 is 23.9 Å². The van der Waals surface area contributed by atoms with Crippen LogP contribution in [0.1, 0.15) is 97.3 Å². The van der Waals surface area contributed by atoms with Gasteiger partial charge in [-0.05, 0) is 76.1 Å². The summed E-state index contributed by atoms with van der Waals surface area (Å²) < 4.78 is 12.1. The fourth-order valence-corrected chi connectivity index (χ4v) is 4.95. The molecule has 0 aliphatic carbocycles. The lowest BCUT2D eigenvalue weighted by Gasteiger charge is -2.30. The van der Waals surface area contributed by atoms with Crippen LogP contribution in [-0.2, 0) is 30.4 Å². The lowest BCUT2D eigenvalue weighted by Crippen LogP contribution is -2.37. The summed E-state index contributed by atoms with van der Waals surface area (Å²) in [6.45, 7) is 15.9. The minimum atomic E-state index is -0.443. The van der Waals surface area contributed by atoms with E-state index in [-0.39, 0.29) is 36.6 Å². The van der Waals surface area contributed by atoms with Gasteiger partial charge in [0.2, 0.25) is 17.7 Å². The molecule has 0 aromatic heterocycles. The molecule has 1 atom stereocenters. The maximum atomic E-state index is 13.4. The number of ether oxygens (including phenoxy) is 2. The molecule has 0 unspecified atom stereocenters. The maximum Gasteiger partial charge on any atom is 0.227 e. The van der Waals surface area contributed by atoms with Crippen molar-refractivity contribution in [3.63, 3.8) is 0 Å². The minimum Gasteiger partial charge on any atom is -0.375 e. The molecule has 45 heavy (non-hydrogen) atoms. The van der Waals surface area contributed by atoms with E-state index in [9.17, 15) is 14.4 Å². The first kappa shape index (κ1) is 36.0. The molecule has 3 amide bonds. The van der Waals surface area contributed by atoms with Crippen molar-refractivity contribution in [2.24, 2.45) is 5.92 Å². The quantitative estimate of drug-likeness (QED) is 0.223. The number of nitrogens with zero attached hydrogens (tertiary/aromatic N) is 1. The van der Waals surface area contributed by atoms with Gasteiger partial charge in [-0.25, -0.2) is 0 Å². The van der Waals surface area contributed by atoms with Crippen LogP contribution in [0.4, 0.5) is 5.69 Å². The van der Waals surface area contributed by atoms with E-state index in [0.717, 1.165) is 22.4 Å². The van der Waals surface area contributed by atoms with E-state index in [2.05, 4.69) is 30.6 Å². The fourth-order valence-electron chi connectivity index (χ4n) is 4.95. The van der Waals surface area contributed by atoms with E-state index >= 15 is 0 Å². The average molecular weight is 620 g/mol. The summed E-state index contributed by atoms with van der Waals surface area (Å²) in [5, 5.41) is 5.96. The zero-order valence-corrected chi connectivity index (χ0v) is 28.3. The van der Waals surface area contributed by atoms with Crippen molar-refractivity contribution in [1.82, 2.24) is 10.6 Å². The summed E-state index contributed by atoms with van der Waals surface area (Å²) in [5.41, 5.74) is 3.11. The van der Waals surface area contributed by atoms with Crippen LogP contribution in [0, 0.1) is 5.92 Å². The number of amides is 3. The molecule has 0 saturated heterocycles. The van der Waals surface area contributed by atoms with Gasteiger partial charge in [0.05, 0.1) is 36.6 Å². The Morgan fingerprint density at radius 1 is 0.778 bits per heavy atom. The van der Waals surface area contributed by atoms with E-state index in [1.807, 2.05) is 89.2 Å². The van der Waals surface area contributed by atoms with Gasteiger partial charge in [0, 0.05) is 31.8 Å². The smallest absolute Gasteiger partial charge is 0.227 e. The van der Waals surface area contributed by atoms with Gasteiger partial charge in [-0.3, -0.25) is 14.4 Å². The number of hydrogen-bond acceptors (Lipinski definition) is 5. The lowest BCUT2D eigenvalue weighted by atomic mass is 10.0. The average Bonchev–Trinajstić information content (AvgIpc) is 2.96. The summed E-state index contributed by atoms with van der Waals surface area (Å²) in [6.07, 6.45) is 6.00. The van der Waals surface area contributed by atoms with Gasteiger partial charge >= 0.3 is 0 Å². The highest BCUT2D eigenvalue weighted by Gasteiger charge is 2.24. The summed E-state index contributed by atoms with van der Waals surface area (Å²) in [7, 11) is 0. The van der Waals surface area contributed by atoms with Crippen LogP contribution < -0.4 is 15.5 Å². The Labute approximate surface area is 269 Å². The molecule has 1 aliphatic heterocycles. The van der Waals surface area contributed by atoms with Crippen molar-refractivity contribution in [2.75, 3.05) is 24.7 Å². The molecular formula is C37H53N3O5. The molecule has 246 valence electrons. The third kappa shape index (κ3) is 12.1. The number of benzene rings is 2. The number of nitrogens with one attached hydrogen (secondary N) is 2. The number of rotatable bonds is 16. The molecular weight excluding hydrogens is 566 g/mol. The Bertz CT molecular complexity index is 1320. The Hall–Kier alpha value is -3.49. The summed E-state index contributed by atoms with van der Waals surface area (Å²) in [6, 6.07) is 16.0. The van der Waals surface area contributed by atoms with Crippen molar-refractivity contribution in [1.29, 1.82) is 0 Å². The number of para-hydroxylation sites is 1. The molecule has 2 aromatic carbocycles. The zero-order chi connectivity index (χ0) is 33.0. The molecule has 0 radical (unpaired) electrons. The predicted octanol–water partition coefficient (Wildman–Crippen LogP) is 6.52. The molecule has 8 heteroatoms. The van der Waals surface area contributed by atoms with Crippen molar-refractivity contribution in [2.45, 2.75) is 104 Å². The van der Waals surface area contributed by atoms with Crippen molar-refractivity contribution in [3.8, 4) is 0 Å². The molecule has 3 rings (SSSR count). The van der Waals surface area contributed by atoms with Crippen LogP contribution in [-0.4, -0.2) is 54.7 Å². The van der Waals surface area contributed by atoms with Gasteiger partial charge < -0.3 is 25.0 Å². The zero-order valence-electron chi connectivity index (χ0n) is 28.3. The molecule has 8 nitrogen and oxygen atoms in total. The highest BCUT2D eigenvalue weighted by Crippen LogP contribution is 2.29. The van der Waals surface area contributed by atoms with E-state index < -0.39 is 11.2 Å². The SMILES string of the molecule is CC(C)[C@H](C)NC(=O)CCOC(C)(C)CCOC(C)(C)CCNC(=O)CCC(=O)N1Cc2ccccc2/C=C\c2ccccc21. The Morgan fingerprint density at radius 3 is 2.13 bits per heavy atom. The first-order valence-electron chi connectivity index (χ1n) is 16.3. The number of fused-ring (bicyclic) bond motifs is 2. The molecule has 2 N–H and O–H groups in total. The minimum absolute atomic E-state index is 0.00156. The second kappa shape index (κ2) is 16.7. The summed E-state index contributed by atoms with van der Waals surface area (Å²) >= 11 is 0. The molecule has 0 spiro atoms. The number of anilines is 1. The van der Waals surface area contributed by atoms with E-state index in [1.54, 1.807) is 4.90 Å². The first-order valence-corrected chi connectivity index (χ1v) is 16.3. The topological polar surface area (TPSA) is 97.0 Å². The van der Waals surface area contributed by atoms with Crippen LogP contribution >= 0.6 is 0 Å². The molecule has 0 bridgehead atoms. The Balaban J connectivity index is 1.38. The van der Waals surface area contributed by atoms with Gasteiger partial charge in [0.15, 0.2) is 0 Å².